The van der Waals surface area contributed by atoms with Crippen molar-refractivity contribution in [3.05, 3.63) is 47.8 Å². The molecule has 1 amide bonds. The third kappa shape index (κ3) is 2.77. The SMILES string of the molecule is CCC(=O)c1cccc(-n2ccc(C(=O)N(C)C)n2)c1. The molecule has 1 heterocycles. The predicted octanol–water partition coefficient (Wildman–Crippen LogP) is 2.17. The highest BCUT2D eigenvalue weighted by atomic mass is 16.2. The van der Waals surface area contributed by atoms with E-state index in [1.807, 2.05) is 19.1 Å². The van der Waals surface area contributed by atoms with Crippen LogP contribution in [-0.4, -0.2) is 40.5 Å². The molecule has 0 atom stereocenters. The maximum Gasteiger partial charge on any atom is 0.273 e. The van der Waals surface area contributed by atoms with Gasteiger partial charge in [0.1, 0.15) is 0 Å². The quantitative estimate of drug-likeness (QED) is 0.801. The molecule has 0 aliphatic heterocycles. The smallest absolute Gasteiger partial charge is 0.273 e. The third-order valence-electron chi connectivity index (χ3n) is 2.97. The summed E-state index contributed by atoms with van der Waals surface area (Å²) in [5.74, 6) is -0.0619. The van der Waals surface area contributed by atoms with Gasteiger partial charge in [0.25, 0.3) is 5.91 Å². The number of ketones is 1. The zero-order valence-corrected chi connectivity index (χ0v) is 11.8. The molecule has 0 fully saturated rings. The Morgan fingerprint density at radius 2 is 2.00 bits per heavy atom. The van der Waals surface area contributed by atoms with Crippen LogP contribution in [0.5, 0.6) is 0 Å². The number of hydrogen-bond donors (Lipinski definition) is 0. The molecular weight excluding hydrogens is 254 g/mol. The second kappa shape index (κ2) is 5.69. The number of aromatic nitrogens is 2. The summed E-state index contributed by atoms with van der Waals surface area (Å²) < 4.78 is 1.60. The van der Waals surface area contributed by atoms with Gasteiger partial charge in [-0.2, -0.15) is 5.10 Å². The van der Waals surface area contributed by atoms with Crippen LogP contribution in [0.4, 0.5) is 0 Å². The molecule has 1 aromatic heterocycles. The van der Waals surface area contributed by atoms with Crippen LogP contribution in [0.25, 0.3) is 5.69 Å². The molecule has 0 unspecified atom stereocenters. The molecule has 0 bridgehead atoms. The highest BCUT2D eigenvalue weighted by Crippen LogP contribution is 2.12. The summed E-state index contributed by atoms with van der Waals surface area (Å²) in [4.78, 5) is 25.0. The first-order valence-corrected chi connectivity index (χ1v) is 6.44. The number of rotatable bonds is 4. The molecular formula is C15H17N3O2. The van der Waals surface area contributed by atoms with Crippen molar-refractivity contribution in [2.24, 2.45) is 0 Å². The Bertz CT molecular complexity index is 644. The van der Waals surface area contributed by atoms with Crippen LogP contribution in [0.1, 0.15) is 34.2 Å². The Hall–Kier alpha value is -2.43. The van der Waals surface area contributed by atoms with E-state index in [1.165, 1.54) is 4.90 Å². The summed E-state index contributed by atoms with van der Waals surface area (Å²) in [6.07, 6.45) is 2.18. The fourth-order valence-corrected chi connectivity index (χ4v) is 1.84. The van der Waals surface area contributed by atoms with Gasteiger partial charge in [-0.25, -0.2) is 4.68 Å². The van der Waals surface area contributed by atoms with Gasteiger partial charge in [-0.05, 0) is 18.2 Å². The van der Waals surface area contributed by atoms with Crippen LogP contribution >= 0.6 is 0 Å². The lowest BCUT2D eigenvalue weighted by Crippen LogP contribution is -2.22. The summed E-state index contributed by atoms with van der Waals surface area (Å²) in [5.41, 5.74) is 1.80. The summed E-state index contributed by atoms with van der Waals surface area (Å²) in [7, 11) is 3.36. The van der Waals surface area contributed by atoms with Crippen molar-refractivity contribution in [1.29, 1.82) is 0 Å². The molecule has 104 valence electrons. The fourth-order valence-electron chi connectivity index (χ4n) is 1.84. The Balaban J connectivity index is 2.33. The van der Waals surface area contributed by atoms with Crippen LogP contribution in [0.15, 0.2) is 36.5 Å². The van der Waals surface area contributed by atoms with Gasteiger partial charge in [0.15, 0.2) is 11.5 Å². The summed E-state index contributed by atoms with van der Waals surface area (Å²) in [6, 6.07) is 8.89. The Morgan fingerprint density at radius 3 is 2.65 bits per heavy atom. The molecule has 0 saturated carbocycles. The molecule has 2 rings (SSSR count). The van der Waals surface area contributed by atoms with E-state index >= 15 is 0 Å². The molecule has 5 heteroatoms. The van der Waals surface area contributed by atoms with E-state index in [1.54, 1.807) is 43.2 Å². The van der Waals surface area contributed by atoms with Gasteiger partial charge in [-0.15, -0.1) is 0 Å². The number of amides is 1. The lowest BCUT2D eigenvalue weighted by Gasteiger charge is -2.07. The van der Waals surface area contributed by atoms with Gasteiger partial charge in [-0.3, -0.25) is 9.59 Å². The van der Waals surface area contributed by atoms with E-state index < -0.39 is 0 Å². The monoisotopic (exact) mass is 271 g/mol. The number of Topliss-reactive ketones (excluding diaryl/α,β-unsaturated/α-hetero) is 1. The van der Waals surface area contributed by atoms with Crippen LogP contribution in [0.2, 0.25) is 0 Å². The molecule has 2 aromatic rings. The maximum absolute atomic E-state index is 11.8. The topological polar surface area (TPSA) is 55.2 Å². The number of carbonyl (C=O) groups is 2. The zero-order valence-electron chi connectivity index (χ0n) is 11.8. The minimum absolute atomic E-state index is 0.0867. The van der Waals surface area contributed by atoms with Gasteiger partial charge >= 0.3 is 0 Å². The number of hydrogen-bond acceptors (Lipinski definition) is 3. The zero-order chi connectivity index (χ0) is 14.7. The number of carbonyl (C=O) groups excluding carboxylic acids is 2. The average molecular weight is 271 g/mol. The summed E-state index contributed by atoms with van der Waals surface area (Å²) in [5, 5.41) is 4.24. The van der Waals surface area contributed by atoms with Crippen molar-refractivity contribution < 1.29 is 9.59 Å². The van der Waals surface area contributed by atoms with Gasteiger partial charge < -0.3 is 4.90 Å². The summed E-state index contributed by atoms with van der Waals surface area (Å²) in [6.45, 7) is 1.83. The molecule has 0 aliphatic carbocycles. The molecule has 5 nitrogen and oxygen atoms in total. The van der Waals surface area contributed by atoms with Gasteiger partial charge in [0.2, 0.25) is 0 Å². The standard InChI is InChI=1S/C15H17N3O2/c1-4-14(19)11-6-5-7-12(10-11)18-9-8-13(16-18)15(20)17(2)3/h5-10H,4H2,1-3H3. The molecule has 0 saturated heterocycles. The Morgan fingerprint density at radius 1 is 1.25 bits per heavy atom. The van der Waals surface area contributed by atoms with Crippen molar-refractivity contribution in [3.8, 4) is 5.69 Å². The predicted molar refractivity (Wildman–Crippen MR) is 76.2 cm³/mol. The van der Waals surface area contributed by atoms with E-state index in [2.05, 4.69) is 5.10 Å². The number of benzene rings is 1. The molecule has 1 aromatic carbocycles. The third-order valence-corrected chi connectivity index (χ3v) is 2.97. The Kier molecular flexibility index (Phi) is 3.98. The van der Waals surface area contributed by atoms with Crippen LogP contribution in [-0.2, 0) is 0 Å². The van der Waals surface area contributed by atoms with Crippen molar-refractivity contribution in [2.45, 2.75) is 13.3 Å². The van der Waals surface area contributed by atoms with E-state index in [-0.39, 0.29) is 11.7 Å². The van der Waals surface area contributed by atoms with Gasteiger partial charge in [0, 0.05) is 32.3 Å². The van der Waals surface area contributed by atoms with E-state index in [9.17, 15) is 9.59 Å². The molecule has 0 spiro atoms. The Labute approximate surface area is 117 Å². The molecule has 0 N–H and O–H groups in total. The van der Waals surface area contributed by atoms with Crippen molar-refractivity contribution in [2.75, 3.05) is 14.1 Å². The first-order valence-electron chi connectivity index (χ1n) is 6.44. The van der Waals surface area contributed by atoms with Crippen molar-refractivity contribution in [3.63, 3.8) is 0 Å². The second-order valence-corrected chi connectivity index (χ2v) is 4.67. The highest BCUT2D eigenvalue weighted by Gasteiger charge is 2.12. The minimum Gasteiger partial charge on any atom is -0.343 e. The largest absolute Gasteiger partial charge is 0.343 e. The van der Waals surface area contributed by atoms with Gasteiger partial charge in [0.05, 0.1) is 5.69 Å². The lowest BCUT2D eigenvalue weighted by molar-refractivity contribution is 0.0821. The number of nitrogens with zero attached hydrogens (tertiary/aromatic N) is 3. The second-order valence-electron chi connectivity index (χ2n) is 4.67. The molecule has 0 aliphatic rings. The maximum atomic E-state index is 11.8. The van der Waals surface area contributed by atoms with Crippen LogP contribution < -0.4 is 0 Å². The van der Waals surface area contributed by atoms with E-state index in [0.717, 1.165) is 5.69 Å². The molecule has 0 radical (unpaired) electrons. The van der Waals surface area contributed by atoms with Gasteiger partial charge in [-0.1, -0.05) is 19.1 Å². The van der Waals surface area contributed by atoms with E-state index in [0.29, 0.717) is 17.7 Å². The van der Waals surface area contributed by atoms with E-state index in [4.69, 9.17) is 0 Å². The lowest BCUT2D eigenvalue weighted by atomic mass is 10.1. The van der Waals surface area contributed by atoms with Crippen molar-refractivity contribution in [1.82, 2.24) is 14.7 Å². The van der Waals surface area contributed by atoms with Crippen LogP contribution in [0.3, 0.4) is 0 Å². The van der Waals surface area contributed by atoms with Crippen LogP contribution in [0, 0.1) is 0 Å². The summed E-state index contributed by atoms with van der Waals surface area (Å²) >= 11 is 0. The average Bonchev–Trinajstić information content (AvgIpc) is 2.95. The first kappa shape index (κ1) is 14.0. The normalized spacial score (nSPS) is 10.3. The highest BCUT2D eigenvalue weighted by molar-refractivity contribution is 5.96. The first-order chi connectivity index (χ1) is 9.52. The molecule has 20 heavy (non-hydrogen) atoms. The van der Waals surface area contributed by atoms with Crippen molar-refractivity contribution >= 4 is 11.7 Å². The fraction of sp³-hybridized carbons (Fsp3) is 0.267. The minimum atomic E-state index is -0.149.